The monoisotopic (exact) mass is 196 g/mol. The van der Waals surface area contributed by atoms with Gasteiger partial charge in [0.1, 0.15) is 0 Å². The van der Waals surface area contributed by atoms with Crippen LogP contribution in [0.4, 0.5) is 0 Å². The van der Waals surface area contributed by atoms with E-state index in [1.807, 2.05) is 11.6 Å². The summed E-state index contributed by atoms with van der Waals surface area (Å²) in [4.78, 5) is 4.25. The zero-order valence-electron chi connectivity index (χ0n) is 8.16. The quantitative estimate of drug-likeness (QED) is 0.803. The SMILES string of the molecule is CC1(C)CC1C(N)Cc1nccs1. The Morgan fingerprint density at radius 2 is 2.46 bits per heavy atom. The Labute approximate surface area is 83.2 Å². The van der Waals surface area contributed by atoms with Crippen molar-refractivity contribution in [2.75, 3.05) is 0 Å². The van der Waals surface area contributed by atoms with Crippen LogP contribution in [0.2, 0.25) is 0 Å². The highest BCUT2D eigenvalue weighted by Gasteiger charge is 2.48. The number of aromatic nitrogens is 1. The van der Waals surface area contributed by atoms with Crippen LogP contribution >= 0.6 is 11.3 Å². The molecule has 0 amide bonds. The molecule has 0 aromatic carbocycles. The minimum Gasteiger partial charge on any atom is -0.327 e. The summed E-state index contributed by atoms with van der Waals surface area (Å²) in [5, 5.41) is 3.19. The smallest absolute Gasteiger partial charge is 0.0940 e. The summed E-state index contributed by atoms with van der Waals surface area (Å²) in [5.74, 6) is 0.705. The molecule has 0 radical (unpaired) electrons. The molecule has 1 saturated carbocycles. The average molecular weight is 196 g/mol. The molecule has 2 nitrogen and oxygen atoms in total. The molecule has 1 fully saturated rings. The van der Waals surface area contributed by atoms with E-state index in [4.69, 9.17) is 5.73 Å². The first-order chi connectivity index (χ1) is 6.09. The van der Waals surface area contributed by atoms with Crippen molar-refractivity contribution < 1.29 is 0 Å². The highest BCUT2D eigenvalue weighted by Crippen LogP contribution is 2.53. The molecule has 2 unspecified atom stereocenters. The van der Waals surface area contributed by atoms with E-state index in [9.17, 15) is 0 Å². The van der Waals surface area contributed by atoms with Crippen LogP contribution in [0.3, 0.4) is 0 Å². The molecular weight excluding hydrogens is 180 g/mol. The fraction of sp³-hybridized carbons (Fsp3) is 0.700. The van der Waals surface area contributed by atoms with Gasteiger partial charge < -0.3 is 5.73 Å². The van der Waals surface area contributed by atoms with Gasteiger partial charge in [0.05, 0.1) is 5.01 Å². The predicted molar refractivity (Wildman–Crippen MR) is 55.7 cm³/mol. The summed E-state index contributed by atoms with van der Waals surface area (Å²) in [5.41, 5.74) is 6.60. The van der Waals surface area contributed by atoms with Gasteiger partial charge in [-0.1, -0.05) is 13.8 Å². The maximum atomic E-state index is 6.11. The third kappa shape index (κ3) is 1.92. The van der Waals surface area contributed by atoms with Crippen LogP contribution in [0.5, 0.6) is 0 Å². The Hall–Kier alpha value is -0.410. The van der Waals surface area contributed by atoms with E-state index in [2.05, 4.69) is 18.8 Å². The van der Waals surface area contributed by atoms with Gasteiger partial charge >= 0.3 is 0 Å². The first kappa shape index (κ1) is 9.16. The molecule has 0 aliphatic heterocycles. The lowest BCUT2D eigenvalue weighted by Gasteiger charge is -2.11. The molecule has 2 atom stereocenters. The molecule has 0 bridgehead atoms. The normalized spacial score (nSPS) is 27.2. The van der Waals surface area contributed by atoms with Crippen LogP contribution in [0.1, 0.15) is 25.3 Å². The van der Waals surface area contributed by atoms with Crippen LogP contribution in [0.15, 0.2) is 11.6 Å². The van der Waals surface area contributed by atoms with Crippen molar-refractivity contribution in [1.29, 1.82) is 0 Å². The topological polar surface area (TPSA) is 38.9 Å². The first-order valence-electron chi connectivity index (χ1n) is 4.73. The highest BCUT2D eigenvalue weighted by molar-refractivity contribution is 7.09. The van der Waals surface area contributed by atoms with E-state index in [0.29, 0.717) is 17.4 Å². The molecule has 0 saturated heterocycles. The second-order valence-electron chi connectivity index (χ2n) is 4.59. The summed E-state index contributed by atoms with van der Waals surface area (Å²) in [7, 11) is 0. The molecule has 0 spiro atoms. The molecule has 1 aliphatic rings. The Morgan fingerprint density at radius 3 is 2.92 bits per heavy atom. The van der Waals surface area contributed by atoms with Gasteiger partial charge in [-0.25, -0.2) is 4.98 Å². The summed E-state index contributed by atoms with van der Waals surface area (Å²) >= 11 is 1.71. The number of hydrogen-bond donors (Lipinski definition) is 1. The number of thiazole rings is 1. The fourth-order valence-electron chi connectivity index (χ4n) is 1.94. The molecule has 2 N–H and O–H groups in total. The standard InChI is InChI=1S/C10H16N2S/c1-10(2)6-7(10)8(11)5-9-12-3-4-13-9/h3-4,7-8H,5-6,11H2,1-2H3. The number of nitrogens with two attached hydrogens (primary N) is 1. The van der Waals surface area contributed by atoms with Crippen LogP contribution < -0.4 is 5.73 Å². The minimum atomic E-state index is 0.307. The molecule has 2 rings (SSSR count). The van der Waals surface area contributed by atoms with Crippen LogP contribution in [-0.4, -0.2) is 11.0 Å². The zero-order valence-corrected chi connectivity index (χ0v) is 8.97. The van der Waals surface area contributed by atoms with Gasteiger partial charge in [0, 0.05) is 24.0 Å². The lowest BCUT2D eigenvalue weighted by molar-refractivity contribution is 0.476. The van der Waals surface area contributed by atoms with E-state index in [0.717, 1.165) is 6.42 Å². The molecule has 1 aromatic heterocycles. The molecular formula is C10H16N2S. The summed E-state index contributed by atoms with van der Waals surface area (Å²) in [6, 6.07) is 0.307. The average Bonchev–Trinajstić information content (AvgIpc) is 2.49. The third-order valence-corrected chi connectivity index (χ3v) is 3.80. The number of nitrogens with zero attached hydrogens (tertiary/aromatic N) is 1. The van der Waals surface area contributed by atoms with Gasteiger partial charge in [0.25, 0.3) is 0 Å². The summed E-state index contributed by atoms with van der Waals surface area (Å²) in [6.45, 7) is 4.58. The third-order valence-electron chi connectivity index (χ3n) is 3.00. The molecule has 72 valence electrons. The van der Waals surface area contributed by atoms with Crippen molar-refractivity contribution in [3.63, 3.8) is 0 Å². The van der Waals surface area contributed by atoms with E-state index in [-0.39, 0.29) is 0 Å². The first-order valence-corrected chi connectivity index (χ1v) is 5.61. The fourth-order valence-corrected chi connectivity index (χ4v) is 2.63. The van der Waals surface area contributed by atoms with Gasteiger partial charge in [-0.3, -0.25) is 0 Å². The van der Waals surface area contributed by atoms with Crippen LogP contribution in [0, 0.1) is 11.3 Å². The molecule has 1 aromatic rings. The Kier molecular flexibility index (Phi) is 2.16. The second kappa shape index (κ2) is 3.07. The summed E-state index contributed by atoms with van der Waals surface area (Å²) < 4.78 is 0. The van der Waals surface area contributed by atoms with Crippen molar-refractivity contribution in [2.45, 2.75) is 32.7 Å². The number of hydrogen-bond acceptors (Lipinski definition) is 3. The van der Waals surface area contributed by atoms with Crippen LogP contribution in [0.25, 0.3) is 0 Å². The summed E-state index contributed by atoms with van der Waals surface area (Å²) in [6.07, 6.45) is 4.08. The maximum absolute atomic E-state index is 6.11. The molecule has 1 heterocycles. The van der Waals surface area contributed by atoms with Crippen molar-refractivity contribution in [3.05, 3.63) is 16.6 Å². The Bertz CT molecular complexity index is 279. The lowest BCUT2D eigenvalue weighted by Crippen LogP contribution is -2.27. The lowest BCUT2D eigenvalue weighted by atomic mass is 10.0. The Balaban J connectivity index is 1.90. The van der Waals surface area contributed by atoms with Gasteiger partial charge in [-0.2, -0.15) is 0 Å². The van der Waals surface area contributed by atoms with E-state index >= 15 is 0 Å². The van der Waals surface area contributed by atoms with Gasteiger partial charge in [-0.05, 0) is 17.8 Å². The van der Waals surface area contributed by atoms with Crippen molar-refractivity contribution in [1.82, 2.24) is 4.98 Å². The molecule has 1 aliphatic carbocycles. The van der Waals surface area contributed by atoms with E-state index in [1.54, 1.807) is 11.3 Å². The number of rotatable bonds is 3. The van der Waals surface area contributed by atoms with Gasteiger partial charge in [0.15, 0.2) is 0 Å². The predicted octanol–water partition coefficient (Wildman–Crippen LogP) is 2.06. The van der Waals surface area contributed by atoms with Crippen molar-refractivity contribution in [3.8, 4) is 0 Å². The molecule has 3 heteroatoms. The maximum Gasteiger partial charge on any atom is 0.0940 e. The van der Waals surface area contributed by atoms with Gasteiger partial charge in [-0.15, -0.1) is 11.3 Å². The Morgan fingerprint density at radius 1 is 1.77 bits per heavy atom. The second-order valence-corrected chi connectivity index (χ2v) is 5.57. The van der Waals surface area contributed by atoms with E-state index in [1.165, 1.54) is 11.4 Å². The van der Waals surface area contributed by atoms with E-state index < -0.39 is 0 Å². The van der Waals surface area contributed by atoms with Crippen molar-refractivity contribution >= 4 is 11.3 Å². The largest absolute Gasteiger partial charge is 0.327 e. The highest BCUT2D eigenvalue weighted by atomic mass is 32.1. The van der Waals surface area contributed by atoms with Crippen molar-refractivity contribution in [2.24, 2.45) is 17.1 Å². The minimum absolute atomic E-state index is 0.307. The van der Waals surface area contributed by atoms with Gasteiger partial charge in [0.2, 0.25) is 0 Å². The van der Waals surface area contributed by atoms with Crippen LogP contribution in [-0.2, 0) is 6.42 Å². The molecule has 13 heavy (non-hydrogen) atoms. The zero-order chi connectivity index (χ0) is 9.47.